The SMILES string of the molecule is C[C@H](Sc1nnnn1C)C(=O)Nc1ccc(C(C)(C)C)cc1. The van der Waals surface area contributed by atoms with E-state index in [1.807, 2.05) is 31.2 Å². The van der Waals surface area contributed by atoms with Gasteiger partial charge in [0.05, 0.1) is 5.25 Å². The van der Waals surface area contributed by atoms with Crippen LogP contribution < -0.4 is 5.32 Å². The average molecular weight is 319 g/mol. The Morgan fingerprint density at radius 2 is 1.91 bits per heavy atom. The molecule has 0 spiro atoms. The highest BCUT2D eigenvalue weighted by Gasteiger charge is 2.18. The van der Waals surface area contributed by atoms with E-state index >= 15 is 0 Å². The lowest BCUT2D eigenvalue weighted by Gasteiger charge is -2.19. The quantitative estimate of drug-likeness (QED) is 0.877. The molecule has 0 aliphatic rings. The van der Waals surface area contributed by atoms with Crippen LogP contribution in [-0.4, -0.2) is 31.4 Å². The van der Waals surface area contributed by atoms with E-state index in [4.69, 9.17) is 0 Å². The molecule has 1 amide bonds. The summed E-state index contributed by atoms with van der Waals surface area (Å²) in [6, 6.07) is 7.94. The maximum absolute atomic E-state index is 12.2. The van der Waals surface area contributed by atoms with Gasteiger partial charge < -0.3 is 5.32 Å². The molecule has 0 unspecified atom stereocenters. The molecule has 2 rings (SSSR count). The molecule has 1 atom stereocenters. The first kappa shape index (κ1) is 16.5. The first-order valence-electron chi connectivity index (χ1n) is 7.08. The Bertz CT molecular complexity index is 645. The molecule has 1 aromatic heterocycles. The predicted molar refractivity (Wildman–Crippen MR) is 87.9 cm³/mol. The first-order chi connectivity index (χ1) is 10.3. The summed E-state index contributed by atoms with van der Waals surface area (Å²) in [5.74, 6) is -0.0727. The van der Waals surface area contributed by atoms with E-state index in [1.165, 1.54) is 17.3 Å². The van der Waals surface area contributed by atoms with E-state index in [2.05, 4.69) is 41.6 Å². The summed E-state index contributed by atoms with van der Waals surface area (Å²) < 4.78 is 1.55. The van der Waals surface area contributed by atoms with Gasteiger partial charge in [0, 0.05) is 12.7 Å². The van der Waals surface area contributed by atoms with Crippen molar-refractivity contribution >= 4 is 23.4 Å². The Balaban J connectivity index is 1.98. The normalized spacial score (nSPS) is 13.0. The first-order valence-corrected chi connectivity index (χ1v) is 7.96. The van der Waals surface area contributed by atoms with Crippen LogP contribution in [0.2, 0.25) is 0 Å². The number of tetrazole rings is 1. The number of aromatic nitrogens is 4. The van der Waals surface area contributed by atoms with Crippen molar-refractivity contribution < 1.29 is 4.79 Å². The second kappa shape index (κ2) is 6.48. The van der Waals surface area contributed by atoms with Gasteiger partial charge in [-0.3, -0.25) is 4.79 Å². The van der Waals surface area contributed by atoms with E-state index < -0.39 is 0 Å². The zero-order valence-electron chi connectivity index (χ0n) is 13.5. The van der Waals surface area contributed by atoms with Crippen LogP contribution in [0.4, 0.5) is 5.69 Å². The molecule has 6 nitrogen and oxygen atoms in total. The molecule has 0 aliphatic heterocycles. The number of hydrogen-bond acceptors (Lipinski definition) is 5. The van der Waals surface area contributed by atoms with Crippen LogP contribution in [0, 0.1) is 0 Å². The van der Waals surface area contributed by atoms with Gasteiger partial charge in [-0.15, -0.1) is 5.10 Å². The summed E-state index contributed by atoms with van der Waals surface area (Å²) in [5, 5.41) is 14.4. The standard InChI is InChI=1S/C15H21N5OS/c1-10(22-14-17-18-19-20(14)5)13(21)16-12-8-6-11(7-9-12)15(2,3)4/h6-10H,1-5H3,(H,16,21)/t10-/m0/s1. The minimum absolute atomic E-state index is 0.0727. The van der Waals surface area contributed by atoms with Gasteiger partial charge in [0.1, 0.15) is 0 Å². The summed E-state index contributed by atoms with van der Waals surface area (Å²) in [6.07, 6.45) is 0. The molecule has 0 fully saturated rings. The topological polar surface area (TPSA) is 72.7 Å². The third kappa shape index (κ3) is 4.07. The monoisotopic (exact) mass is 319 g/mol. The van der Waals surface area contributed by atoms with Crippen LogP contribution in [0.3, 0.4) is 0 Å². The molecule has 0 bridgehead atoms. The number of rotatable bonds is 4. The molecule has 0 aliphatic carbocycles. The van der Waals surface area contributed by atoms with Gasteiger partial charge in [-0.05, 0) is 40.5 Å². The lowest BCUT2D eigenvalue weighted by molar-refractivity contribution is -0.115. The Morgan fingerprint density at radius 1 is 1.27 bits per heavy atom. The van der Waals surface area contributed by atoms with Crippen molar-refractivity contribution in [3.05, 3.63) is 29.8 Å². The Hall–Kier alpha value is -1.89. The average Bonchev–Trinajstić information content (AvgIpc) is 2.84. The van der Waals surface area contributed by atoms with Crippen LogP contribution in [0.1, 0.15) is 33.3 Å². The molecule has 0 saturated heterocycles. The van der Waals surface area contributed by atoms with Gasteiger partial charge in [-0.1, -0.05) is 44.7 Å². The van der Waals surface area contributed by atoms with Gasteiger partial charge in [0.2, 0.25) is 11.1 Å². The van der Waals surface area contributed by atoms with Gasteiger partial charge in [-0.2, -0.15) is 0 Å². The smallest absolute Gasteiger partial charge is 0.237 e. The van der Waals surface area contributed by atoms with Crippen LogP contribution >= 0.6 is 11.8 Å². The zero-order chi connectivity index (χ0) is 16.3. The number of hydrogen-bond donors (Lipinski definition) is 1. The highest BCUT2D eigenvalue weighted by molar-refractivity contribution is 8.00. The van der Waals surface area contributed by atoms with E-state index in [1.54, 1.807) is 11.7 Å². The summed E-state index contributed by atoms with van der Waals surface area (Å²) >= 11 is 1.33. The fourth-order valence-electron chi connectivity index (χ4n) is 1.83. The van der Waals surface area contributed by atoms with Gasteiger partial charge in [0.25, 0.3) is 0 Å². The molecule has 118 valence electrons. The van der Waals surface area contributed by atoms with Crippen LogP contribution in [0.25, 0.3) is 0 Å². The largest absolute Gasteiger partial charge is 0.325 e. The van der Waals surface area contributed by atoms with E-state index in [0.29, 0.717) is 5.16 Å². The molecular weight excluding hydrogens is 298 g/mol. The highest BCUT2D eigenvalue weighted by atomic mass is 32.2. The number of nitrogens with zero attached hydrogens (tertiary/aromatic N) is 4. The summed E-state index contributed by atoms with van der Waals surface area (Å²) in [5.41, 5.74) is 2.13. The molecule has 1 heterocycles. The maximum Gasteiger partial charge on any atom is 0.237 e. The number of thioether (sulfide) groups is 1. The van der Waals surface area contributed by atoms with Crippen molar-refractivity contribution in [1.29, 1.82) is 0 Å². The predicted octanol–water partition coefficient (Wildman–Crippen LogP) is 2.63. The number of carbonyl (C=O) groups excluding carboxylic acids is 1. The second-order valence-electron chi connectivity index (χ2n) is 6.16. The van der Waals surface area contributed by atoms with Gasteiger partial charge >= 0.3 is 0 Å². The number of aryl methyl sites for hydroxylation is 1. The minimum atomic E-state index is -0.285. The van der Waals surface area contributed by atoms with Crippen molar-refractivity contribution in [2.24, 2.45) is 7.05 Å². The fourth-order valence-corrected chi connectivity index (χ4v) is 2.59. The number of benzene rings is 1. The van der Waals surface area contributed by atoms with Crippen LogP contribution in [-0.2, 0) is 17.3 Å². The molecule has 22 heavy (non-hydrogen) atoms. The summed E-state index contributed by atoms with van der Waals surface area (Å²) in [4.78, 5) is 12.2. The van der Waals surface area contributed by atoms with Crippen LogP contribution in [0.15, 0.2) is 29.4 Å². The molecule has 1 aromatic carbocycles. The maximum atomic E-state index is 12.2. The third-order valence-corrected chi connectivity index (χ3v) is 4.38. The molecule has 2 aromatic rings. The second-order valence-corrected chi connectivity index (χ2v) is 7.47. The van der Waals surface area contributed by atoms with E-state index in [9.17, 15) is 4.79 Å². The van der Waals surface area contributed by atoms with Gasteiger partial charge in [-0.25, -0.2) is 4.68 Å². The third-order valence-electron chi connectivity index (χ3n) is 3.25. The number of carbonyl (C=O) groups is 1. The number of amides is 1. The van der Waals surface area contributed by atoms with Crippen molar-refractivity contribution in [3.63, 3.8) is 0 Å². The van der Waals surface area contributed by atoms with Crippen LogP contribution in [0.5, 0.6) is 0 Å². The van der Waals surface area contributed by atoms with Gasteiger partial charge in [0.15, 0.2) is 0 Å². The highest BCUT2D eigenvalue weighted by Crippen LogP contribution is 2.24. The zero-order valence-corrected chi connectivity index (χ0v) is 14.3. The molecule has 7 heteroatoms. The molecule has 1 N–H and O–H groups in total. The summed E-state index contributed by atoms with van der Waals surface area (Å²) in [6.45, 7) is 8.31. The van der Waals surface area contributed by atoms with E-state index in [-0.39, 0.29) is 16.6 Å². The Kier molecular flexibility index (Phi) is 4.85. The van der Waals surface area contributed by atoms with Crippen molar-refractivity contribution in [3.8, 4) is 0 Å². The molecular formula is C15H21N5OS. The number of anilines is 1. The van der Waals surface area contributed by atoms with Crippen molar-refractivity contribution in [2.75, 3.05) is 5.32 Å². The fraction of sp³-hybridized carbons (Fsp3) is 0.467. The van der Waals surface area contributed by atoms with Crippen molar-refractivity contribution in [1.82, 2.24) is 20.2 Å². The lowest BCUT2D eigenvalue weighted by Crippen LogP contribution is -2.23. The lowest BCUT2D eigenvalue weighted by atomic mass is 9.87. The molecule has 0 radical (unpaired) electrons. The molecule has 0 saturated carbocycles. The van der Waals surface area contributed by atoms with E-state index in [0.717, 1.165) is 5.69 Å². The minimum Gasteiger partial charge on any atom is -0.325 e. The van der Waals surface area contributed by atoms with Crippen molar-refractivity contribution in [2.45, 2.75) is 43.5 Å². The Labute approximate surface area is 134 Å². The Morgan fingerprint density at radius 3 is 2.41 bits per heavy atom. The summed E-state index contributed by atoms with van der Waals surface area (Å²) in [7, 11) is 1.75. The number of nitrogens with one attached hydrogen (secondary N) is 1.